The lowest BCUT2D eigenvalue weighted by molar-refractivity contribution is -0.129. The van der Waals surface area contributed by atoms with Gasteiger partial charge in [0, 0.05) is 31.4 Å². The van der Waals surface area contributed by atoms with Crippen LogP contribution in [0.25, 0.3) is 0 Å². The second-order valence-corrected chi connectivity index (χ2v) is 9.54. The van der Waals surface area contributed by atoms with Crippen molar-refractivity contribution in [2.24, 2.45) is 0 Å². The van der Waals surface area contributed by atoms with Gasteiger partial charge in [-0.2, -0.15) is 4.31 Å². The summed E-state index contributed by atoms with van der Waals surface area (Å²) >= 11 is 1.77. The third kappa shape index (κ3) is 4.13. The zero-order valence-electron chi connectivity index (χ0n) is 13.8. The summed E-state index contributed by atoms with van der Waals surface area (Å²) in [6.07, 6.45) is 5.01. The largest absolute Gasteiger partial charge is 0.339 e. The SMILES string of the molecule is O=C(CSC1CCCC1)N1CCN(S(=O)(=O)c2ccccc2)CC1. The molecule has 1 saturated heterocycles. The highest BCUT2D eigenvalue weighted by Gasteiger charge is 2.30. The Hall–Kier alpha value is -1.05. The van der Waals surface area contributed by atoms with E-state index in [1.54, 1.807) is 47.0 Å². The van der Waals surface area contributed by atoms with Crippen LogP contribution in [0.1, 0.15) is 25.7 Å². The molecule has 1 aromatic carbocycles. The monoisotopic (exact) mass is 368 g/mol. The minimum Gasteiger partial charge on any atom is -0.339 e. The Labute approximate surface area is 148 Å². The van der Waals surface area contributed by atoms with E-state index in [9.17, 15) is 13.2 Å². The number of piperazine rings is 1. The van der Waals surface area contributed by atoms with Crippen molar-refractivity contribution in [1.82, 2.24) is 9.21 Å². The lowest BCUT2D eigenvalue weighted by Gasteiger charge is -2.34. The number of rotatable bonds is 5. The molecule has 0 atom stereocenters. The van der Waals surface area contributed by atoms with E-state index >= 15 is 0 Å². The van der Waals surface area contributed by atoms with E-state index in [4.69, 9.17) is 0 Å². The van der Waals surface area contributed by atoms with Crippen LogP contribution in [-0.4, -0.2) is 60.7 Å². The molecule has 132 valence electrons. The third-order valence-electron chi connectivity index (χ3n) is 4.72. The van der Waals surface area contributed by atoms with Gasteiger partial charge in [-0.1, -0.05) is 31.0 Å². The van der Waals surface area contributed by atoms with Crippen LogP contribution in [0.2, 0.25) is 0 Å². The average molecular weight is 369 g/mol. The molecule has 7 heteroatoms. The molecule has 0 spiro atoms. The summed E-state index contributed by atoms with van der Waals surface area (Å²) in [5.41, 5.74) is 0. The number of hydrogen-bond donors (Lipinski definition) is 0. The summed E-state index contributed by atoms with van der Waals surface area (Å²) in [6, 6.07) is 8.49. The predicted octanol–water partition coefficient (Wildman–Crippen LogP) is 2.20. The molecular weight excluding hydrogens is 344 g/mol. The van der Waals surface area contributed by atoms with Crippen LogP contribution >= 0.6 is 11.8 Å². The summed E-state index contributed by atoms with van der Waals surface area (Å²) in [4.78, 5) is 14.4. The highest BCUT2D eigenvalue weighted by Crippen LogP contribution is 2.29. The minimum absolute atomic E-state index is 0.142. The van der Waals surface area contributed by atoms with Gasteiger partial charge >= 0.3 is 0 Å². The Morgan fingerprint density at radius 2 is 1.67 bits per heavy atom. The predicted molar refractivity (Wildman–Crippen MR) is 96.5 cm³/mol. The Morgan fingerprint density at radius 1 is 1.04 bits per heavy atom. The molecule has 1 amide bonds. The van der Waals surface area contributed by atoms with Gasteiger partial charge in [-0.3, -0.25) is 4.79 Å². The van der Waals surface area contributed by atoms with Crippen LogP contribution in [0.3, 0.4) is 0 Å². The van der Waals surface area contributed by atoms with Crippen molar-refractivity contribution in [3.8, 4) is 0 Å². The normalized spacial score (nSPS) is 20.4. The summed E-state index contributed by atoms with van der Waals surface area (Å²) in [5.74, 6) is 0.666. The number of carbonyl (C=O) groups excluding carboxylic acids is 1. The first-order valence-electron chi connectivity index (χ1n) is 8.52. The summed E-state index contributed by atoms with van der Waals surface area (Å²) in [6.45, 7) is 1.71. The first kappa shape index (κ1) is 17.8. The van der Waals surface area contributed by atoms with E-state index in [0.717, 1.165) is 0 Å². The van der Waals surface area contributed by atoms with Crippen LogP contribution in [-0.2, 0) is 14.8 Å². The molecule has 3 rings (SSSR count). The highest BCUT2D eigenvalue weighted by molar-refractivity contribution is 8.00. The van der Waals surface area contributed by atoms with Gasteiger partial charge < -0.3 is 4.90 Å². The number of benzene rings is 1. The Morgan fingerprint density at radius 3 is 2.29 bits per heavy atom. The van der Waals surface area contributed by atoms with E-state index in [1.807, 2.05) is 0 Å². The molecule has 1 aliphatic heterocycles. The molecule has 2 aliphatic rings. The Bertz CT molecular complexity index is 650. The Kier molecular flexibility index (Phi) is 5.84. The molecule has 2 fully saturated rings. The fourth-order valence-electron chi connectivity index (χ4n) is 3.25. The maximum absolute atomic E-state index is 12.6. The molecule has 0 bridgehead atoms. The minimum atomic E-state index is -3.45. The fraction of sp³-hybridized carbons (Fsp3) is 0.588. The van der Waals surface area contributed by atoms with Crippen molar-refractivity contribution >= 4 is 27.7 Å². The lowest BCUT2D eigenvalue weighted by atomic mass is 10.3. The van der Waals surface area contributed by atoms with Gasteiger partial charge in [0.25, 0.3) is 0 Å². The van der Waals surface area contributed by atoms with Crippen LogP contribution in [0.5, 0.6) is 0 Å². The van der Waals surface area contributed by atoms with E-state index in [2.05, 4.69) is 0 Å². The van der Waals surface area contributed by atoms with Gasteiger partial charge in [0.1, 0.15) is 0 Å². The smallest absolute Gasteiger partial charge is 0.243 e. The number of amides is 1. The fourth-order valence-corrected chi connectivity index (χ4v) is 5.93. The van der Waals surface area contributed by atoms with Crippen molar-refractivity contribution in [2.75, 3.05) is 31.9 Å². The second kappa shape index (κ2) is 7.89. The maximum Gasteiger partial charge on any atom is 0.243 e. The van der Waals surface area contributed by atoms with E-state index in [0.29, 0.717) is 42.1 Å². The van der Waals surface area contributed by atoms with Gasteiger partial charge in [-0.15, -0.1) is 11.8 Å². The zero-order chi connectivity index (χ0) is 17.0. The molecule has 1 aliphatic carbocycles. The standard InChI is InChI=1S/C17H24N2O3S2/c20-17(14-23-15-6-4-5-7-15)18-10-12-19(13-11-18)24(21,22)16-8-2-1-3-9-16/h1-3,8-9,15H,4-7,10-14H2. The third-order valence-corrected chi connectivity index (χ3v) is 7.99. The van der Waals surface area contributed by atoms with Crippen molar-refractivity contribution in [3.63, 3.8) is 0 Å². The quantitative estimate of drug-likeness (QED) is 0.799. The van der Waals surface area contributed by atoms with Gasteiger partial charge in [0.2, 0.25) is 15.9 Å². The molecule has 1 aromatic rings. The van der Waals surface area contributed by atoms with E-state index < -0.39 is 10.0 Å². The zero-order valence-corrected chi connectivity index (χ0v) is 15.4. The van der Waals surface area contributed by atoms with Gasteiger partial charge in [0.15, 0.2) is 0 Å². The number of carbonyl (C=O) groups is 1. The second-order valence-electron chi connectivity index (χ2n) is 6.32. The molecular formula is C17H24N2O3S2. The molecule has 1 saturated carbocycles. The topological polar surface area (TPSA) is 57.7 Å². The number of nitrogens with zero attached hydrogens (tertiary/aromatic N) is 2. The molecule has 0 aromatic heterocycles. The molecule has 0 unspecified atom stereocenters. The lowest BCUT2D eigenvalue weighted by Crippen LogP contribution is -2.51. The first-order valence-corrected chi connectivity index (χ1v) is 11.0. The van der Waals surface area contributed by atoms with Crippen LogP contribution in [0.4, 0.5) is 0 Å². The molecule has 1 heterocycles. The van der Waals surface area contributed by atoms with Crippen molar-refractivity contribution in [2.45, 2.75) is 35.8 Å². The van der Waals surface area contributed by atoms with E-state index in [-0.39, 0.29) is 5.91 Å². The van der Waals surface area contributed by atoms with Crippen molar-refractivity contribution in [3.05, 3.63) is 30.3 Å². The Balaban J connectivity index is 1.51. The molecule has 0 radical (unpaired) electrons. The van der Waals surface area contributed by atoms with Crippen LogP contribution in [0.15, 0.2) is 35.2 Å². The molecule has 24 heavy (non-hydrogen) atoms. The van der Waals surface area contributed by atoms with E-state index in [1.165, 1.54) is 30.0 Å². The van der Waals surface area contributed by atoms with Crippen LogP contribution in [0, 0.1) is 0 Å². The van der Waals surface area contributed by atoms with Gasteiger partial charge in [-0.05, 0) is 25.0 Å². The van der Waals surface area contributed by atoms with Crippen molar-refractivity contribution in [1.29, 1.82) is 0 Å². The number of hydrogen-bond acceptors (Lipinski definition) is 4. The van der Waals surface area contributed by atoms with Gasteiger partial charge in [0.05, 0.1) is 10.6 Å². The summed E-state index contributed by atoms with van der Waals surface area (Å²) in [7, 11) is -3.45. The average Bonchev–Trinajstić information content (AvgIpc) is 3.14. The number of thioether (sulfide) groups is 1. The van der Waals surface area contributed by atoms with Crippen molar-refractivity contribution < 1.29 is 13.2 Å². The molecule has 5 nitrogen and oxygen atoms in total. The highest BCUT2D eigenvalue weighted by atomic mass is 32.2. The molecule has 0 N–H and O–H groups in total. The van der Waals surface area contributed by atoms with Crippen LogP contribution < -0.4 is 0 Å². The summed E-state index contributed by atoms with van der Waals surface area (Å²) in [5, 5.41) is 0.633. The maximum atomic E-state index is 12.6. The number of sulfonamides is 1. The first-order chi connectivity index (χ1) is 11.6. The summed E-state index contributed by atoms with van der Waals surface area (Å²) < 4.78 is 26.6. The van der Waals surface area contributed by atoms with Gasteiger partial charge in [-0.25, -0.2) is 8.42 Å².